The van der Waals surface area contributed by atoms with Gasteiger partial charge in [0.2, 0.25) is 0 Å². The van der Waals surface area contributed by atoms with Gasteiger partial charge in [-0.3, -0.25) is 0 Å². The quantitative estimate of drug-likeness (QED) is 0.842. The maximum absolute atomic E-state index is 6.04. The normalized spacial score (nSPS) is 26.7. The van der Waals surface area contributed by atoms with Crippen molar-refractivity contribution in [3.05, 3.63) is 33.8 Å². The molecule has 0 amide bonds. The molecule has 1 heterocycles. The fourth-order valence-corrected chi connectivity index (χ4v) is 3.53. The monoisotopic (exact) mass is 314 g/mol. The van der Waals surface area contributed by atoms with E-state index in [-0.39, 0.29) is 0 Å². The first kappa shape index (κ1) is 16.1. The van der Waals surface area contributed by atoms with Crippen LogP contribution in [0.2, 0.25) is 10.0 Å². The lowest BCUT2D eigenvalue weighted by Crippen LogP contribution is -2.50. The third-order valence-electron chi connectivity index (χ3n) is 4.11. The Labute approximate surface area is 132 Å². The maximum atomic E-state index is 6.04. The number of nitrogens with one attached hydrogen (secondary N) is 2. The van der Waals surface area contributed by atoms with Gasteiger partial charge in [-0.2, -0.15) is 0 Å². The summed E-state index contributed by atoms with van der Waals surface area (Å²) in [7, 11) is 0. The molecule has 0 saturated carbocycles. The molecule has 0 aliphatic carbocycles. The Balaban J connectivity index is 1.92. The lowest BCUT2D eigenvalue weighted by molar-refractivity contribution is 0.250. The van der Waals surface area contributed by atoms with Crippen molar-refractivity contribution in [1.29, 1.82) is 0 Å². The van der Waals surface area contributed by atoms with Crippen LogP contribution >= 0.6 is 23.2 Å². The predicted molar refractivity (Wildman–Crippen MR) is 87.6 cm³/mol. The summed E-state index contributed by atoms with van der Waals surface area (Å²) in [5, 5.41) is 8.79. The summed E-state index contributed by atoms with van der Waals surface area (Å²) in [5.41, 5.74) is 1.15. The van der Waals surface area contributed by atoms with Crippen molar-refractivity contribution in [3.8, 4) is 0 Å². The van der Waals surface area contributed by atoms with E-state index < -0.39 is 0 Å². The Morgan fingerprint density at radius 1 is 1.05 bits per heavy atom. The van der Waals surface area contributed by atoms with Crippen molar-refractivity contribution in [2.24, 2.45) is 0 Å². The van der Waals surface area contributed by atoms with E-state index >= 15 is 0 Å². The SMILES string of the molecule is CC[C@@H]1CC(NCc2cc(Cl)cc(Cl)c2)C[C@H](CC)N1. The molecule has 2 nitrogen and oxygen atoms in total. The molecule has 0 spiro atoms. The van der Waals surface area contributed by atoms with Gasteiger partial charge in [0.05, 0.1) is 0 Å². The van der Waals surface area contributed by atoms with Crippen LogP contribution < -0.4 is 10.6 Å². The van der Waals surface area contributed by atoms with Gasteiger partial charge in [0, 0.05) is 34.7 Å². The summed E-state index contributed by atoms with van der Waals surface area (Å²) < 4.78 is 0. The number of rotatable bonds is 5. The Bertz CT molecular complexity index is 404. The van der Waals surface area contributed by atoms with Crippen molar-refractivity contribution < 1.29 is 0 Å². The molecule has 0 bridgehead atoms. The zero-order valence-corrected chi connectivity index (χ0v) is 13.8. The second-order valence-electron chi connectivity index (χ2n) is 5.70. The van der Waals surface area contributed by atoms with E-state index in [2.05, 4.69) is 24.5 Å². The fraction of sp³-hybridized carbons (Fsp3) is 0.625. The van der Waals surface area contributed by atoms with Crippen LogP contribution in [0.25, 0.3) is 0 Å². The topological polar surface area (TPSA) is 24.1 Å². The summed E-state index contributed by atoms with van der Waals surface area (Å²) in [6.45, 7) is 5.34. The first-order chi connectivity index (χ1) is 9.60. The van der Waals surface area contributed by atoms with Gasteiger partial charge in [-0.15, -0.1) is 0 Å². The van der Waals surface area contributed by atoms with Gasteiger partial charge < -0.3 is 10.6 Å². The van der Waals surface area contributed by atoms with Crippen molar-refractivity contribution in [1.82, 2.24) is 10.6 Å². The summed E-state index contributed by atoms with van der Waals surface area (Å²) in [6.07, 6.45) is 4.78. The molecule has 1 fully saturated rings. The van der Waals surface area contributed by atoms with Crippen LogP contribution in [0, 0.1) is 0 Å². The molecule has 1 aliphatic rings. The summed E-state index contributed by atoms with van der Waals surface area (Å²) in [5.74, 6) is 0. The molecular weight excluding hydrogens is 291 g/mol. The van der Waals surface area contributed by atoms with Gasteiger partial charge in [-0.05, 0) is 49.4 Å². The third-order valence-corrected chi connectivity index (χ3v) is 4.55. The average molecular weight is 315 g/mol. The molecule has 0 aromatic heterocycles. The Kier molecular flexibility index (Phi) is 6.16. The van der Waals surface area contributed by atoms with Crippen molar-refractivity contribution in [2.75, 3.05) is 0 Å². The summed E-state index contributed by atoms with van der Waals surface area (Å²) in [6, 6.07) is 7.58. The van der Waals surface area contributed by atoms with Crippen LogP contribution in [-0.4, -0.2) is 18.1 Å². The van der Waals surface area contributed by atoms with Crippen LogP contribution in [0.5, 0.6) is 0 Å². The van der Waals surface area contributed by atoms with Gasteiger partial charge in [-0.25, -0.2) is 0 Å². The van der Waals surface area contributed by atoms with Gasteiger partial charge >= 0.3 is 0 Å². The molecule has 4 heteroatoms. The molecule has 2 N–H and O–H groups in total. The number of benzene rings is 1. The molecule has 1 saturated heterocycles. The summed E-state index contributed by atoms with van der Waals surface area (Å²) in [4.78, 5) is 0. The van der Waals surface area contributed by atoms with Crippen LogP contribution in [-0.2, 0) is 6.54 Å². The lowest BCUT2D eigenvalue weighted by atomic mass is 9.91. The van der Waals surface area contributed by atoms with Gasteiger partial charge in [-0.1, -0.05) is 37.0 Å². The lowest BCUT2D eigenvalue weighted by Gasteiger charge is -2.36. The fourth-order valence-electron chi connectivity index (χ4n) is 2.96. The molecule has 2 rings (SSSR count). The zero-order valence-electron chi connectivity index (χ0n) is 12.3. The van der Waals surface area contributed by atoms with Crippen LogP contribution in [0.3, 0.4) is 0 Å². The maximum Gasteiger partial charge on any atom is 0.0424 e. The molecule has 112 valence electrons. The summed E-state index contributed by atoms with van der Waals surface area (Å²) >= 11 is 12.1. The van der Waals surface area contributed by atoms with E-state index in [1.807, 2.05) is 12.1 Å². The van der Waals surface area contributed by atoms with Crippen molar-refractivity contribution in [3.63, 3.8) is 0 Å². The molecular formula is C16H24Cl2N2. The highest BCUT2D eigenvalue weighted by Gasteiger charge is 2.25. The Hall–Kier alpha value is -0.280. The molecule has 1 aliphatic heterocycles. The van der Waals surface area contributed by atoms with Gasteiger partial charge in [0.25, 0.3) is 0 Å². The highest BCUT2D eigenvalue weighted by molar-refractivity contribution is 6.34. The van der Waals surface area contributed by atoms with Gasteiger partial charge in [0.15, 0.2) is 0 Å². The number of halogens is 2. The van der Waals surface area contributed by atoms with Gasteiger partial charge in [0.1, 0.15) is 0 Å². The van der Waals surface area contributed by atoms with E-state index in [0.29, 0.717) is 28.2 Å². The second-order valence-corrected chi connectivity index (χ2v) is 6.58. The first-order valence-corrected chi connectivity index (χ1v) is 8.30. The van der Waals surface area contributed by atoms with Crippen LogP contribution in [0.1, 0.15) is 45.1 Å². The van der Waals surface area contributed by atoms with Crippen molar-refractivity contribution in [2.45, 2.75) is 64.2 Å². The highest BCUT2D eigenvalue weighted by atomic mass is 35.5. The minimum atomic E-state index is 0.573. The first-order valence-electron chi connectivity index (χ1n) is 7.55. The highest BCUT2D eigenvalue weighted by Crippen LogP contribution is 2.21. The third kappa shape index (κ3) is 4.63. The van der Waals surface area contributed by atoms with Crippen LogP contribution in [0.15, 0.2) is 18.2 Å². The number of piperidine rings is 1. The Morgan fingerprint density at radius 3 is 2.10 bits per heavy atom. The molecule has 3 atom stereocenters. The molecule has 1 aromatic carbocycles. The second kappa shape index (κ2) is 7.65. The minimum absolute atomic E-state index is 0.573. The molecule has 20 heavy (non-hydrogen) atoms. The van der Waals surface area contributed by atoms with Crippen LogP contribution in [0.4, 0.5) is 0 Å². The zero-order chi connectivity index (χ0) is 14.5. The Morgan fingerprint density at radius 2 is 1.60 bits per heavy atom. The molecule has 1 aromatic rings. The largest absolute Gasteiger partial charge is 0.311 e. The predicted octanol–water partition coefficient (Wildman–Crippen LogP) is 4.39. The number of hydrogen-bond donors (Lipinski definition) is 2. The standard InChI is InChI=1S/C16H24Cl2N2/c1-3-14-8-16(9-15(4-2)20-14)19-10-11-5-12(17)7-13(18)6-11/h5-7,14-16,19-20H,3-4,8-10H2,1-2H3/t14-,15+,16?. The van der Waals surface area contributed by atoms with E-state index in [1.54, 1.807) is 6.07 Å². The number of hydrogen-bond acceptors (Lipinski definition) is 2. The molecule has 1 unspecified atom stereocenters. The van der Waals surface area contributed by atoms with Crippen molar-refractivity contribution >= 4 is 23.2 Å². The van der Waals surface area contributed by atoms with E-state index in [4.69, 9.17) is 23.2 Å². The minimum Gasteiger partial charge on any atom is -0.311 e. The van der Waals surface area contributed by atoms with E-state index in [9.17, 15) is 0 Å². The molecule has 0 radical (unpaired) electrons. The average Bonchev–Trinajstić information content (AvgIpc) is 2.43. The smallest absolute Gasteiger partial charge is 0.0424 e. The van der Waals surface area contributed by atoms with E-state index in [0.717, 1.165) is 12.1 Å². The van der Waals surface area contributed by atoms with E-state index in [1.165, 1.54) is 25.7 Å².